The molecule has 0 spiro atoms. The zero-order valence-corrected chi connectivity index (χ0v) is 14.9. The maximum absolute atomic E-state index is 5.80. The molecular weight excluding hydrogens is 391 g/mol. The third-order valence-corrected chi connectivity index (χ3v) is 3.39. The molecule has 3 aromatic rings. The second-order valence-electron chi connectivity index (χ2n) is 4.90. The summed E-state index contributed by atoms with van der Waals surface area (Å²) in [5, 5.41) is 0. The highest BCUT2D eigenvalue weighted by atomic mass is 127. The zero-order valence-electron chi connectivity index (χ0n) is 12.7. The molecule has 0 atom stereocenters. The van der Waals surface area contributed by atoms with Gasteiger partial charge in [0.1, 0.15) is 24.3 Å². The minimum Gasteiger partial charge on any atom is -1.00 e. The number of hydrogen-bond acceptors (Lipinski definition) is 3. The van der Waals surface area contributed by atoms with Crippen LogP contribution < -0.4 is 33.3 Å². The van der Waals surface area contributed by atoms with E-state index in [0.29, 0.717) is 5.89 Å². The van der Waals surface area contributed by atoms with E-state index in [2.05, 4.69) is 4.98 Å². The highest BCUT2D eigenvalue weighted by Gasteiger charge is 2.14. The Morgan fingerprint density at radius 2 is 1.64 bits per heavy atom. The number of methoxy groups -OCH3 is 1. The van der Waals surface area contributed by atoms with E-state index < -0.39 is 0 Å². The summed E-state index contributed by atoms with van der Waals surface area (Å²) in [4.78, 5) is 4.62. The molecule has 114 valence electrons. The van der Waals surface area contributed by atoms with Gasteiger partial charge in [-0.1, -0.05) is 0 Å². The number of pyridine rings is 1. The lowest BCUT2D eigenvalue weighted by molar-refractivity contribution is -0.671. The van der Waals surface area contributed by atoms with Crippen molar-refractivity contribution in [2.45, 2.75) is 6.92 Å². The van der Waals surface area contributed by atoms with Gasteiger partial charge in [0, 0.05) is 23.3 Å². The standard InChI is InChI=1S/C17H17N2O2.HI/c1-12-16(13-8-10-19(2)11-9-13)18-17(21-12)14-4-6-15(20-3)7-5-14;/h4-11H,1-3H3;1H/q+1;/p-1. The Balaban J connectivity index is 0.00000176. The van der Waals surface area contributed by atoms with Crippen LogP contribution in [0.15, 0.2) is 53.2 Å². The maximum atomic E-state index is 5.80. The number of hydrogen-bond donors (Lipinski definition) is 0. The van der Waals surface area contributed by atoms with Crippen LogP contribution in [0.3, 0.4) is 0 Å². The molecule has 5 heteroatoms. The molecule has 0 bridgehead atoms. The lowest BCUT2D eigenvalue weighted by Crippen LogP contribution is -3.00. The quantitative estimate of drug-likeness (QED) is 0.458. The largest absolute Gasteiger partial charge is 1.00 e. The van der Waals surface area contributed by atoms with Crippen LogP contribution in [-0.4, -0.2) is 12.1 Å². The SMILES string of the molecule is COc1ccc(-c2nc(-c3cc[n+](C)cc3)c(C)o2)cc1.[I-]. The Morgan fingerprint density at radius 1 is 1.00 bits per heavy atom. The molecule has 22 heavy (non-hydrogen) atoms. The van der Waals surface area contributed by atoms with Gasteiger partial charge in [0.15, 0.2) is 12.4 Å². The van der Waals surface area contributed by atoms with E-state index in [1.165, 1.54) is 0 Å². The van der Waals surface area contributed by atoms with Crippen LogP contribution in [0.4, 0.5) is 0 Å². The van der Waals surface area contributed by atoms with Crippen molar-refractivity contribution in [2.24, 2.45) is 7.05 Å². The number of nitrogens with zero attached hydrogens (tertiary/aromatic N) is 2. The molecule has 0 radical (unpaired) electrons. The van der Waals surface area contributed by atoms with Gasteiger partial charge in [-0.3, -0.25) is 0 Å². The van der Waals surface area contributed by atoms with Crippen molar-refractivity contribution in [1.29, 1.82) is 0 Å². The number of oxazole rings is 1. The molecule has 0 N–H and O–H groups in total. The minimum absolute atomic E-state index is 0. The van der Waals surface area contributed by atoms with Gasteiger partial charge in [-0.05, 0) is 31.2 Å². The summed E-state index contributed by atoms with van der Waals surface area (Å²) in [6.45, 7) is 1.93. The van der Waals surface area contributed by atoms with Crippen molar-refractivity contribution in [2.75, 3.05) is 7.11 Å². The zero-order chi connectivity index (χ0) is 14.8. The fourth-order valence-electron chi connectivity index (χ4n) is 2.18. The fourth-order valence-corrected chi connectivity index (χ4v) is 2.18. The molecule has 0 fully saturated rings. The predicted octanol–water partition coefficient (Wildman–Crippen LogP) is 0.154. The smallest absolute Gasteiger partial charge is 0.226 e. The molecule has 0 saturated carbocycles. The average Bonchev–Trinajstić information content (AvgIpc) is 2.90. The Bertz CT molecular complexity index is 749. The van der Waals surface area contributed by atoms with Gasteiger partial charge in [0.25, 0.3) is 0 Å². The van der Waals surface area contributed by atoms with E-state index in [1.54, 1.807) is 7.11 Å². The van der Waals surface area contributed by atoms with Gasteiger partial charge in [-0.2, -0.15) is 0 Å². The first-order valence-electron chi connectivity index (χ1n) is 6.75. The maximum Gasteiger partial charge on any atom is 0.226 e. The molecule has 3 rings (SSSR count). The first kappa shape index (κ1) is 16.5. The normalized spacial score (nSPS) is 10.1. The molecule has 0 aliphatic carbocycles. The summed E-state index contributed by atoms with van der Waals surface area (Å²) in [5.41, 5.74) is 2.86. The number of ether oxygens (including phenoxy) is 1. The predicted molar refractivity (Wildman–Crippen MR) is 79.8 cm³/mol. The van der Waals surface area contributed by atoms with Crippen molar-refractivity contribution in [3.8, 4) is 28.5 Å². The number of aromatic nitrogens is 2. The van der Waals surface area contributed by atoms with E-state index >= 15 is 0 Å². The summed E-state index contributed by atoms with van der Waals surface area (Å²) in [7, 11) is 3.64. The molecule has 0 saturated heterocycles. The molecule has 0 aliphatic heterocycles. The second kappa shape index (κ2) is 6.91. The lowest BCUT2D eigenvalue weighted by Gasteiger charge is -1.99. The molecule has 0 unspecified atom stereocenters. The Morgan fingerprint density at radius 3 is 2.23 bits per heavy atom. The first-order chi connectivity index (χ1) is 10.2. The Hall–Kier alpha value is -1.89. The highest BCUT2D eigenvalue weighted by molar-refractivity contribution is 5.65. The van der Waals surface area contributed by atoms with Gasteiger partial charge in [0.2, 0.25) is 5.89 Å². The third kappa shape index (κ3) is 3.30. The third-order valence-electron chi connectivity index (χ3n) is 3.39. The molecule has 2 aromatic heterocycles. The molecule has 4 nitrogen and oxygen atoms in total. The van der Waals surface area contributed by atoms with Gasteiger partial charge in [-0.15, -0.1) is 0 Å². The van der Waals surface area contributed by atoms with Crippen LogP contribution in [0.1, 0.15) is 5.76 Å². The van der Waals surface area contributed by atoms with Crippen LogP contribution in [0, 0.1) is 6.92 Å². The van der Waals surface area contributed by atoms with E-state index in [-0.39, 0.29) is 24.0 Å². The van der Waals surface area contributed by atoms with Gasteiger partial charge >= 0.3 is 0 Å². The van der Waals surface area contributed by atoms with Crippen LogP contribution in [0.2, 0.25) is 0 Å². The molecular formula is C17H17IN2O2. The molecule has 1 aromatic carbocycles. The fraction of sp³-hybridized carbons (Fsp3) is 0.176. The van der Waals surface area contributed by atoms with Crippen molar-refractivity contribution < 1.29 is 37.7 Å². The summed E-state index contributed by atoms with van der Waals surface area (Å²) in [6.07, 6.45) is 3.99. The van der Waals surface area contributed by atoms with Crippen LogP contribution in [0.25, 0.3) is 22.7 Å². The van der Waals surface area contributed by atoms with Gasteiger partial charge in [0.05, 0.1) is 7.11 Å². The lowest BCUT2D eigenvalue weighted by atomic mass is 10.2. The number of aryl methyl sites for hydroxylation is 2. The Kier molecular flexibility index (Phi) is 5.18. The van der Waals surface area contributed by atoms with Crippen molar-refractivity contribution in [3.63, 3.8) is 0 Å². The van der Waals surface area contributed by atoms with Gasteiger partial charge < -0.3 is 33.1 Å². The number of benzene rings is 1. The minimum atomic E-state index is 0. The van der Waals surface area contributed by atoms with Crippen molar-refractivity contribution >= 4 is 0 Å². The Labute approximate surface area is 146 Å². The van der Waals surface area contributed by atoms with E-state index in [0.717, 1.165) is 28.3 Å². The van der Waals surface area contributed by atoms with E-state index in [1.807, 2.05) is 67.3 Å². The van der Waals surface area contributed by atoms with Crippen molar-refractivity contribution in [3.05, 3.63) is 54.6 Å². The van der Waals surface area contributed by atoms with E-state index in [9.17, 15) is 0 Å². The van der Waals surface area contributed by atoms with Gasteiger partial charge in [-0.25, -0.2) is 9.55 Å². The second-order valence-corrected chi connectivity index (χ2v) is 4.90. The van der Waals surface area contributed by atoms with Crippen molar-refractivity contribution in [1.82, 2.24) is 4.98 Å². The number of rotatable bonds is 3. The average molecular weight is 408 g/mol. The van der Waals surface area contributed by atoms with Crippen LogP contribution in [-0.2, 0) is 7.05 Å². The molecule has 2 heterocycles. The topological polar surface area (TPSA) is 39.1 Å². The summed E-state index contributed by atoms with van der Waals surface area (Å²) in [6, 6.07) is 11.7. The summed E-state index contributed by atoms with van der Waals surface area (Å²) < 4.78 is 13.0. The highest BCUT2D eigenvalue weighted by Crippen LogP contribution is 2.28. The van der Waals surface area contributed by atoms with E-state index in [4.69, 9.17) is 9.15 Å². The molecule has 0 aliphatic rings. The monoisotopic (exact) mass is 408 g/mol. The molecule has 0 amide bonds. The summed E-state index contributed by atoms with van der Waals surface area (Å²) >= 11 is 0. The van der Waals surface area contributed by atoms with Crippen LogP contribution in [0.5, 0.6) is 5.75 Å². The summed E-state index contributed by atoms with van der Waals surface area (Å²) in [5.74, 6) is 2.26. The number of halogens is 1. The van der Waals surface area contributed by atoms with Crippen LogP contribution >= 0.6 is 0 Å². The first-order valence-corrected chi connectivity index (χ1v) is 6.75.